The summed E-state index contributed by atoms with van der Waals surface area (Å²) in [5, 5.41) is 5.14. The fourth-order valence-corrected chi connectivity index (χ4v) is 2.58. The maximum atomic E-state index is 12.9. The van der Waals surface area contributed by atoms with Gasteiger partial charge in [0.25, 0.3) is 5.91 Å². The number of hydrogen-bond acceptors (Lipinski definition) is 3. The van der Waals surface area contributed by atoms with Crippen LogP contribution in [0.15, 0.2) is 66.7 Å². The second-order valence-corrected chi connectivity index (χ2v) is 6.25. The van der Waals surface area contributed by atoms with Gasteiger partial charge < -0.3 is 10.1 Å². The van der Waals surface area contributed by atoms with Gasteiger partial charge in [-0.1, -0.05) is 30.3 Å². The van der Waals surface area contributed by atoms with Crippen LogP contribution in [0.2, 0.25) is 0 Å². The molecule has 1 amide bonds. The van der Waals surface area contributed by atoms with Gasteiger partial charge in [-0.15, -0.1) is 0 Å². The van der Waals surface area contributed by atoms with Crippen molar-refractivity contribution in [2.45, 2.75) is 13.0 Å². The van der Waals surface area contributed by atoms with Crippen LogP contribution in [0.3, 0.4) is 0 Å². The normalized spacial score (nSPS) is 11.5. The lowest BCUT2D eigenvalue weighted by Crippen LogP contribution is -2.48. The van der Waals surface area contributed by atoms with Crippen LogP contribution in [0.1, 0.15) is 6.92 Å². The summed E-state index contributed by atoms with van der Waals surface area (Å²) < 4.78 is 18.6. The van der Waals surface area contributed by atoms with Crippen LogP contribution in [-0.2, 0) is 4.79 Å². The molecule has 0 heterocycles. The van der Waals surface area contributed by atoms with Gasteiger partial charge >= 0.3 is 0 Å². The predicted octanol–water partition coefficient (Wildman–Crippen LogP) is 3.76. The van der Waals surface area contributed by atoms with Gasteiger partial charge in [0.15, 0.2) is 11.2 Å². The molecule has 1 atom stereocenters. The van der Waals surface area contributed by atoms with E-state index >= 15 is 0 Å². The summed E-state index contributed by atoms with van der Waals surface area (Å²) in [5.74, 6) is -0.123. The molecule has 0 saturated heterocycles. The molecular formula is C20H18FN3O2S. The molecule has 0 spiro atoms. The van der Waals surface area contributed by atoms with E-state index in [1.807, 2.05) is 42.5 Å². The molecule has 3 rings (SSSR count). The van der Waals surface area contributed by atoms with Crippen LogP contribution >= 0.6 is 12.2 Å². The number of rotatable bonds is 4. The monoisotopic (exact) mass is 383 g/mol. The van der Waals surface area contributed by atoms with Gasteiger partial charge in [0.2, 0.25) is 0 Å². The first-order chi connectivity index (χ1) is 13.0. The molecule has 0 unspecified atom stereocenters. The molecule has 3 aromatic rings. The number of anilines is 1. The van der Waals surface area contributed by atoms with Crippen LogP contribution in [0, 0.1) is 5.82 Å². The Hall–Kier alpha value is -3.19. The molecule has 3 aromatic carbocycles. The molecule has 0 aliphatic rings. The zero-order valence-electron chi connectivity index (χ0n) is 14.5. The van der Waals surface area contributed by atoms with Crippen LogP contribution in [0.4, 0.5) is 10.1 Å². The van der Waals surface area contributed by atoms with E-state index in [0.29, 0.717) is 11.4 Å². The maximum absolute atomic E-state index is 12.9. The quantitative estimate of drug-likeness (QED) is 0.473. The Balaban J connectivity index is 1.50. The van der Waals surface area contributed by atoms with E-state index in [0.717, 1.165) is 10.8 Å². The molecule has 27 heavy (non-hydrogen) atoms. The molecular weight excluding hydrogens is 365 g/mol. The Morgan fingerprint density at radius 3 is 2.44 bits per heavy atom. The number of ether oxygens (including phenoxy) is 1. The number of amides is 1. The number of hydrogen-bond donors (Lipinski definition) is 3. The summed E-state index contributed by atoms with van der Waals surface area (Å²) in [6.07, 6.45) is -0.729. The van der Waals surface area contributed by atoms with E-state index in [4.69, 9.17) is 17.0 Å². The Labute approximate surface area is 161 Å². The summed E-state index contributed by atoms with van der Waals surface area (Å²) in [6, 6.07) is 19.2. The topological polar surface area (TPSA) is 62.4 Å². The van der Waals surface area contributed by atoms with Gasteiger partial charge in [-0.2, -0.15) is 0 Å². The molecule has 0 radical (unpaired) electrons. The Morgan fingerprint density at radius 2 is 1.70 bits per heavy atom. The van der Waals surface area contributed by atoms with Gasteiger partial charge in [-0.3, -0.25) is 15.6 Å². The first kappa shape index (κ1) is 18.6. The maximum Gasteiger partial charge on any atom is 0.279 e. The molecule has 5 nitrogen and oxygen atoms in total. The standard InChI is InChI=1S/C20H18FN3O2S/c1-13(26-18-11-6-14-4-2-3-5-15(14)12-18)19(25)23-24-20(27)22-17-9-7-16(21)8-10-17/h2-13H,1H3,(H,23,25)(H2,22,24,27)/t13-/m0/s1. The number of thiocarbonyl (C=S) groups is 1. The second-order valence-electron chi connectivity index (χ2n) is 5.84. The fourth-order valence-electron chi connectivity index (χ4n) is 2.41. The first-order valence-corrected chi connectivity index (χ1v) is 8.70. The molecule has 0 aliphatic carbocycles. The van der Waals surface area contributed by atoms with Crippen molar-refractivity contribution in [1.29, 1.82) is 0 Å². The summed E-state index contributed by atoms with van der Waals surface area (Å²) in [5.41, 5.74) is 5.67. The van der Waals surface area contributed by atoms with E-state index in [9.17, 15) is 9.18 Å². The summed E-state index contributed by atoms with van der Waals surface area (Å²) >= 11 is 5.08. The van der Waals surface area contributed by atoms with Gasteiger partial charge in [-0.25, -0.2) is 4.39 Å². The minimum absolute atomic E-state index is 0.174. The van der Waals surface area contributed by atoms with E-state index in [2.05, 4.69) is 16.2 Å². The fraction of sp³-hybridized carbons (Fsp3) is 0.100. The minimum Gasteiger partial charge on any atom is -0.481 e. The lowest BCUT2D eigenvalue weighted by molar-refractivity contribution is -0.127. The summed E-state index contributed by atoms with van der Waals surface area (Å²) in [6.45, 7) is 1.64. The van der Waals surface area contributed by atoms with Crippen LogP contribution in [0.25, 0.3) is 10.8 Å². The number of benzene rings is 3. The highest BCUT2D eigenvalue weighted by atomic mass is 32.1. The van der Waals surface area contributed by atoms with Crippen molar-refractivity contribution in [3.63, 3.8) is 0 Å². The predicted molar refractivity (Wildman–Crippen MR) is 108 cm³/mol. The molecule has 0 fully saturated rings. The molecule has 0 bridgehead atoms. The third-order valence-corrected chi connectivity index (χ3v) is 4.01. The van der Waals surface area contributed by atoms with E-state index in [1.165, 1.54) is 24.3 Å². The zero-order chi connectivity index (χ0) is 19.2. The van der Waals surface area contributed by atoms with E-state index in [-0.39, 0.29) is 16.8 Å². The van der Waals surface area contributed by atoms with Crippen molar-refractivity contribution in [2.24, 2.45) is 0 Å². The third kappa shape index (κ3) is 5.15. The smallest absolute Gasteiger partial charge is 0.279 e. The van der Waals surface area contributed by atoms with Gasteiger partial charge in [0.05, 0.1) is 0 Å². The average molecular weight is 383 g/mol. The molecule has 0 aromatic heterocycles. The van der Waals surface area contributed by atoms with Crippen molar-refractivity contribution in [1.82, 2.24) is 10.9 Å². The third-order valence-electron chi connectivity index (χ3n) is 3.80. The lowest BCUT2D eigenvalue weighted by Gasteiger charge is -2.17. The van der Waals surface area contributed by atoms with Crippen molar-refractivity contribution in [3.05, 3.63) is 72.5 Å². The number of hydrazine groups is 1. The number of carbonyl (C=O) groups is 1. The van der Waals surface area contributed by atoms with E-state index in [1.54, 1.807) is 6.92 Å². The number of fused-ring (bicyclic) bond motifs is 1. The Bertz CT molecular complexity index is 963. The van der Waals surface area contributed by atoms with Crippen LogP contribution in [-0.4, -0.2) is 17.1 Å². The lowest BCUT2D eigenvalue weighted by atomic mass is 10.1. The van der Waals surface area contributed by atoms with Crippen molar-refractivity contribution < 1.29 is 13.9 Å². The highest BCUT2D eigenvalue weighted by Gasteiger charge is 2.15. The number of nitrogens with one attached hydrogen (secondary N) is 3. The van der Waals surface area contributed by atoms with Crippen LogP contribution < -0.4 is 20.9 Å². The van der Waals surface area contributed by atoms with Gasteiger partial charge in [0, 0.05) is 5.69 Å². The van der Waals surface area contributed by atoms with Crippen molar-refractivity contribution >= 4 is 39.7 Å². The molecule has 0 aliphatic heterocycles. The largest absolute Gasteiger partial charge is 0.481 e. The Morgan fingerprint density at radius 1 is 1.00 bits per heavy atom. The molecule has 0 saturated carbocycles. The average Bonchev–Trinajstić information content (AvgIpc) is 2.67. The molecule has 7 heteroatoms. The van der Waals surface area contributed by atoms with Crippen molar-refractivity contribution in [2.75, 3.05) is 5.32 Å². The SMILES string of the molecule is C[C@H](Oc1ccc2ccccc2c1)C(=O)NNC(=S)Nc1ccc(F)cc1. The van der Waals surface area contributed by atoms with Crippen LogP contribution in [0.5, 0.6) is 5.75 Å². The summed E-state index contributed by atoms with van der Waals surface area (Å²) in [4.78, 5) is 12.2. The summed E-state index contributed by atoms with van der Waals surface area (Å²) in [7, 11) is 0. The molecule has 3 N–H and O–H groups in total. The highest BCUT2D eigenvalue weighted by molar-refractivity contribution is 7.80. The first-order valence-electron chi connectivity index (χ1n) is 8.29. The second kappa shape index (κ2) is 8.46. The zero-order valence-corrected chi connectivity index (χ0v) is 15.3. The van der Waals surface area contributed by atoms with Gasteiger partial charge in [-0.05, 0) is 66.3 Å². The van der Waals surface area contributed by atoms with Gasteiger partial charge in [0.1, 0.15) is 11.6 Å². The highest BCUT2D eigenvalue weighted by Crippen LogP contribution is 2.21. The Kier molecular flexibility index (Phi) is 5.83. The minimum atomic E-state index is -0.729. The molecule has 138 valence electrons. The van der Waals surface area contributed by atoms with Crippen molar-refractivity contribution in [3.8, 4) is 5.75 Å². The number of halogens is 1. The van der Waals surface area contributed by atoms with E-state index < -0.39 is 6.10 Å². The number of carbonyl (C=O) groups excluding carboxylic acids is 1.